The Bertz CT molecular complexity index is 784. The van der Waals surface area contributed by atoms with Crippen LogP contribution in [0.25, 0.3) is 0 Å². The van der Waals surface area contributed by atoms with E-state index in [-0.39, 0.29) is 24.2 Å². The first-order valence-electron chi connectivity index (χ1n) is 11.6. The number of amides is 1. The van der Waals surface area contributed by atoms with Gasteiger partial charge in [0.05, 0.1) is 11.2 Å². The highest BCUT2D eigenvalue weighted by atomic mass is 16.7. The second-order valence-corrected chi connectivity index (χ2v) is 10.6. The van der Waals surface area contributed by atoms with Crippen LogP contribution in [0.3, 0.4) is 0 Å². The summed E-state index contributed by atoms with van der Waals surface area (Å²) < 4.78 is 12.5. The van der Waals surface area contributed by atoms with E-state index in [2.05, 4.69) is 51.2 Å². The number of carbonyl (C=O) groups excluding carboxylic acids is 1. The molecule has 1 amide bonds. The van der Waals surface area contributed by atoms with Crippen LogP contribution in [0.15, 0.2) is 18.2 Å². The zero-order valence-electron chi connectivity index (χ0n) is 19.1. The summed E-state index contributed by atoms with van der Waals surface area (Å²) in [5.41, 5.74) is 9.27. The van der Waals surface area contributed by atoms with Gasteiger partial charge in [0.2, 0.25) is 5.91 Å². The number of hydrogen-bond donors (Lipinski definition) is 2. The molecule has 30 heavy (non-hydrogen) atoms. The number of nitrogens with two attached hydrogens (primary N) is 1. The van der Waals surface area contributed by atoms with Crippen LogP contribution in [0.2, 0.25) is 0 Å². The standard InChI is InChI=1S/C24H37BN2O3/c1-22(2)23(3,4)30-25(29-22)19-5-6-20-18(16-19)9-12-24(20)10-7-17(8-11-24)15-21(28)27-14-13-26/h5-6,16-17H,7-15,26H2,1-4H3,(H,27,28). The minimum absolute atomic E-state index is 0.153. The molecule has 4 rings (SSSR count). The first kappa shape index (κ1) is 21.9. The molecule has 6 heteroatoms. The Morgan fingerprint density at radius 3 is 2.43 bits per heavy atom. The fourth-order valence-corrected chi connectivity index (χ4v) is 5.47. The fourth-order valence-electron chi connectivity index (χ4n) is 5.47. The summed E-state index contributed by atoms with van der Waals surface area (Å²) >= 11 is 0. The Labute approximate surface area is 181 Å². The molecule has 1 spiro atoms. The third kappa shape index (κ3) is 3.94. The van der Waals surface area contributed by atoms with Crippen LogP contribution < -0.4 is 16.5 Å². The molecule has 3 aliphatic rings. The van der Waals surface area contributed by atoms with Gasteiger partial charge in [0.25, 0.3) is 0 Å². The van der Waals surface area contributed by atoms with E-state index in [0.717, 1.165) is 24.7 Å². The molecule has 1 heterocycles. The van der Waals surface area contributed by atoms with Gasteiger partial charge in [-0.3, -0.25) is 4.79 Å². The number of fused-ring (bicyclic) bond motifs is 2. The van der Waals surface area contributed by atoms with Crippen molar-refractivity contribution in [2.24, 2.45) is 11.7 Å². The Kier molecular flexibility index (Phi) is 5.80. The summed E-state index contributed by atoms with van der Waals surface area (Å²) in [6.45, 7) is 9.49. The number of nitrogens with one attached hydrogen (secondary N) is 1. The average molecular weight is 412 g/mol. The second kappa shape index (κ2) is 7.96. The Morgan fingerprint density at radius 2 is 1.80 bits per heavy atom. The van der Waals surface area contributed by atoms with Crippen molar-refractivity contribution in [1.82, 2.24) is 5.32 Å². The number of carbonyl (C=O) groups is 1. The molecule has 1 saturated carbocycles. The van der Waals surface area contributed by atoms with Crippen LogP contribution in [0, 0.1) is 5.92 Å². The molecule has 1 aromatic carbocycles. The summed E-state index contributed by atoms with van der Waals surface area (Å²) in [5, 5.41) is 2.91. The molecule has 1 saturated heterocycles. The maximum Gasteiger partial charge on any atom is 0.494 e. The third-order valence-corrected chi connectivity index (χ3v) is 8.10. The summed E-state index contributed by atoms with van der Waals surface area (Å²) in [5.74, 6) is 0.654. The fraction of sp³-hybridized carbons (Fsp3) is 0.708. The van der Waals surface area contributed by atoms with E-state index < -0.39 is 0 Å². The number of hydrogen-bond acceptors (Lipinski definition) is 4. The van der Waals surface area contributed by atoms with E-state index in [1.807, 2.05) is 0 Å². The van der Waals surface area contributed by atoms with Crippen molar-refractivity contribution in [3.63, 3.8) is 0 Å². The lowest BCUT2D eigenvalue weighted by Crippen LogP contribution is -2.41. The number of aryl methyl sites for hydroxylation is 1. The minimum Gasteiger partial charge on any atom is -0.399 e. The van der Waals surface area contributed by atoms with Crippen LogP contribution >= 0.6 is 0 Å². The number of benzene rings is 1. The molecule has 2 aliphatic carbocycles. The van der Waals surface area contributed by atoms with Gasteiger partial charge in [-0.15, -0.1) is 0 Å². The molecule has 0 atom stereocenters. The lowest BCUT2D eigenvalue weighted by atomic mass is 9.66. The highest BCUT2D eigenvalue weighted by Crippen LogP contribution is 2.50. The molecule has 0 unspecified atom stereocenters. The van der Waals surface area contributed by atoms with Gasteiger partial charge in [-0.1, -0.05) is 18.2 Å². The van der Waals surface area contributed by atoms with Crippen LogP contribution in [0.4, 0.5) is 0 Å². The zero-order valence-corrected chi connectivity index (χ0v) is 19.1. The molecular weight excluding hydrogens is 375 g/mol. The monoisotopic (exact) mass is 412 g/mol. The normalized spacial score (nSPS) is 29.2. The molecule has 164 valence electrons. The third-order valence-electron chi connectivity index (χ3n) is 8.10. The van der Waals surface area contributed by atoms with E-state index in [1.54, 1.807) is 0 Å². The lowest BCUT2D eigenvalue weighted by molar-refractivity contribution is -0.122. The van der Waals surface area contributed by atoms with Crippen molar-refractivity contribution in [2.45, 2.75) is 89.3 Å². The van der Waals surface area contributed by atoms with Crippen LogP contribution in [-0.4, -0.2) is 37.3 Å². The van der Waals surface area contributed by atoms with Gasteiger partial charge in [0, 0.05) is 19.5 Å². The van der Waals surface area contributed by atoms with E-state index in [1.165, 1.54) is 30.4 Å². The molecule has 2 fully saturated rings. The molecular formula is C24H37BN2O3. The van der Waals surface area contributed by atoms with Crippen molar-refractivity contribution in [1.29, 1.82) is 0 Å². The Hall–Kier alpha value is -1.37. The SMILES string of the molecule is CC1(C)OB(c2ccc3c(c2)CCC32CCC(CC(=O)NCCN)CC2)OC1(C)C. The van der Waals surface area contributed by atoms with Gasteiger partial charge >= 0.3 is 7.12 Å². The van der Waals surface area contributed by atoms with Crippen LogP contribution in [0.5, 0.6) is 0 Å². The predicted molar refractivity (Wildman–Crippen MR) is 121 cm³/mol. The first-order valence-corrected chi connectivity index (χ1v) is 11.6. The topological polar surface area (TPSA) is 73.6 Å². The van der Waals surface area contributed by atoms with Gasteiger partial charge in [-0.05, 0) is 94.1 Å². The molecule has 0 bridgehead atoms. The average Bonchev–Trinajstić information content (AvgIpc) is 3.15. The number of rotatable bonds is 5. The lowest BCUT2D eigenvalue weighted by Gasteiger charge is -2.38. The molecule has 0 aromatic heterocycles. The molecule has 5 nitrogen and oxygen atoms in total. The molecule has 3 N–H and O–H groups in total. The highest BCUT2D eigenvalue weighted by Gasteiger charge is 2.52. The summed E-state index contributed by atoms with van der Waals surface area (Å²) in [7, 11) is -0.292. The Morgan fingerprint density at radius 1 is 1.13 bits per heavy atom. The summed E-state index contributed by atoms with van der Waals surface area (Å²) in [6, 6.07) is 6.86. The summed E-state index contributed by atoms with van der Waals surface area (Å²) in [6.07, 6.45) is 7.63. The Balaban J connectivity index is 1.42. The second-order valence-electron chi connectivity index (χ2n) is 10.6. The van der Waals surface area contributed by atoms with Gasteiger partial charge < -0.3 is 20.4 Å². The molecule has 1 aliphatic heterocycles. The van der Waals surface area contributed by atoms with Crippen molar-refractivity contribution < 1.29 is 14.1 Å². The van der Waals surface area contributed by atoms with Gasteiger partial charge in [0.1, 0.15) is 0 Å². The first-order chi connectivity index (χ1) is 14.2. The van der Waals surface area contributed by atoms with E-state index in [9.17, 15) is 4.79 Å². The smallest absolute Gasteiger partial charge is 0.399 e. The molecule has 1 aromatic rings. The van der Waals surface area contributed by atoms with Crippen LogP contribution in [0.1, 0.15) is 77.3 Å². The van der Waals surface area contributed by atoms with Crippen molar-refractivity contribution in [3.05, 3.63) is 29.3 Å². The van der Waals surface area contributed by atoms with Crippen molar-refractivity contribution in [2.75, 3.05) is 13.1 Å². The van der Waals surface area contributed by atoms with Crippen molar-refractivity contribution >= 4 is 18.5 Å². The van der Waals surface area contributed by atoms with Gasteiger partial charge in [0.15, 0.2) is 0 Å². The van der Waals surface area contributed by atoms with Crippen LogP contribution in [-0.2, 0) is 25.9 Å². The van der Waals surface area contributed by atoms with E-state index in [0.29, 0.717) is 30.8 Å². The maximum absolute atomic E-state index is 12.0. The highest BCUT2D eigenvalue weighted by molar-refractivity contribution is 6.62. The largest absolute Gasteiger partial charge is 0.494 e. The van der Waals surface area contributed by atoms with E-state index >= 15 is 0 Å². The maximum atomic E-state index is 12.0. The zero-order chi connectivity index (χ0) is 21.6. The quantitative estimate of drug-likeness (QED) is 0.730. The van der Waals surface area contributed by atoms with E-state index in [4.69, 9.17) is 15.0 Å². The van der Waals surface area contributed by atoms with Crippen molar-refractivity contribution in [3.8, 4) is 0 Å². The van der Waals surface area contributed by atoms with Gasteiger partial charge in [-0.25, -0.2) is 0 Å². The molecule has 0 radical (unpaired) electrons. The summed E-state index contributed by atoms with van der Waals surface area (Å²) in [4.78, 5) is 12.0. The van der Waals surface area contributed by atoms with Gasteiger partial charge in [-0.2, -0.15) is 0 Å². The minimum atomic E-state index is -0.313. The predicted octanol–water partition coefficient (Wildman–Crippen LogP) is 2.83.